The highest BCUT2D eigenvalue weighted by Gasteiger charge is 2.85. The number of aliphatic hydroxyl groups excluding tert-OH is 3. The topological polar surface area (TPSA) is 87.0 Å². The van der Waals surface area contributed by atoms with Gasteiger partial charge < -0.3 is 20.1 Å². The Labute approximate surface area is 224 Å². The maximum absolute atomic E-state index is 13.1. The third-order valence-electron chi connectivity index (χ3n) is 13.9. The Morgan fingerprint density at radius 1 is 1.00 bits per heavy atom. The number of aliphatic hydroxyl groups is 3. The summed E-state index contributed by atoms with van der Waals surface area (Å²) < 4.78 is 5.25. The van der Waals surface area contributed by atoms with Crippen LogP contribution in [0.4, 0.5) is 0 Å². The molecule has 0 aliphatic heterocycles. The molecule has 210 valence electrons. The number of fused-ring (bicyclic) bond motifs is 2. The van der Waals surface area contributed by atoms with Gasteiger partial charge in [0.15, 0.2) is 0 Å². The van der Waals surface area contributed by atoms with E-state index in [2.05, 4.69) is 34.3 Å². The standard InChI is InChI=1S/C32H52O5/c1-19(2)20(3)8-9-21(17-33)22-12-13-29(5)23-10-11-24-30(6,27(36)37-7)25(34)16-26(35)32(24)18-31(23,32)15-14-28(22,29)4/h19,21-26,33-35H,3,8-18H2,1-2,4-7H3/t21-,22+,23-,24-,25-,26-,28+,29-,30-,31-,32+/m0/s1. The van der Waals surface area contributed by atoms with Crippen molar-refractivity contribution < 1.29 is 24.9 Å². The molecule has 5 heteroatoms. The Kier molecular flexibility index (Phi) is 6.57. The molecule has 5 aliphatic carbocycles. The van der Waals surface area contributed by atoms with Crippen molar-refractivity contribution in [2.45, 2.75) is 111 Å². The van der Waals surface area contributed by atoms with Crippen LogP contribution >= 0.6 is 0 Å². The van der Waals surface area contributed by atoms with Gasteiger partial charge in [0.2, 0.25) is 0 Å². The van der Waals surface area contributed by atoms with E-state index < -0.39 is 17.6 Å². The smallest absolute Gasteiger partial charge is 0.314 e. The van der Waals surface area contributed by atoms with Gasteiger partial charge in [0.25, 0.3) is 0 Å². The van der Waals surface area contributed by atoms with Gasteiger partial charge in [-0.05, 0) is 111 Å². The summed E-state index contributed by atoms with van der Waals surface area (Å²) >= 11 is 0. The number of rotatable bonds is 7. The molecular weight excluding hydrogens is 464 g/mol. The average Bonchev–Trinajstić information content (AvgIpc) is 3.48. The Hall–Kier alpha value is -0.910. The number of methoxy groups -OCH3 is 1. The molecule has 0 aromatic carbocycles. The van der Waals surface area contributed by atoms with E-state index in [9.17, 15) is 20.1 Å². The van der Waals surface area contributed by atoms with Crippen LogP contribution < -0.4 is 0 Å². The Morgan fingerprint density at radius 3 is 2.30 bits per heavy atom. The predicted molar refractivity (Wildman–Crippen MR) is 144 cm³/mol. The number of carbonyl (C=O) groups excluding carboxylic acids is 1. The van der Waals surface area contributed by atoms with Gasteiger partial charge in [-0.2, -0.15) is 0 Å². The first-order chi connectivity index (χ1) is 17.3. The maximum Gasteiger partial charge on any atom is 0.314 e. The van der Waals surface area contributed by atoms with Gasteiger partial charge in [-0.3, -0.25) is 4.79 Å². The maximum atomic E-state index is 13.1. The quantitative estimate of drug-likeness (QED) is 0.307. The van der Waals surface area contributed by atoms with E-state index in [4.69, 9.17) is 4.74 Å². The summed E-state index contributed by atoms with van der Waals surface area (Å²) in [4.78, 5) is 13.1. The van der Waals surface area contributed by atoms with Crippen LogP contribution in [0.2, 0.25) is 0 Å². The van der Waals surface area contributed by atoms with E-state index in [1.54, 1.807) is 0 Å². The number of carbonyl (C=O) groups is 1. The molecule has 2 spiro atoms. The Bertz CT molecular complexity index is 945. The zero-order chi connectivity index (χ0) is 27.2. The van der Waals surface area contributed by atoms with Gasteiger partial charge in [-0.1, -0.05) is 39.8 Å². The van der Waals surface area contributed by atoms with E-state index in [0.717, 1.165) is 51.4 Å². The molecule has 5 nitrogen and oxygen atoms in total. The summed E-state index contributed by atoms with van der Waals surface area (Å²) in [6.07, 6.45) is 8.26. The van der Waals surface area contributed by atoms with E-state index in [1.165, 1.54) is 19.1 Å². The van der Waals surface area contributed by atoms with Crippen molar-refractivity contribution in [3.8, 4) is 0 Å². The largest absolute Gasteiger partial charge is 0.469 e. The summed E-state index contributed by atoms with van der Waals surface area (Å²) in [5.41, 5.74) is 0.414. The van der Waals surface area contributed by atoms with Crippen LogP contribution in [0.15, 0.2) is 12.2 Å². The molecule has 0 saturated heterocycles. The van der Waals surface area contributed by atoms with Crippen LogP contribution in [0.25, 0.3) is 0 Å². The molecule has 0 heterocycles. The summed E-state index contributed by atoms with van der Waals surface area (Å²) in [7, 11) is 1.42. The number of allylic oxidation sites excluding steroid dienone is 1. The second kappa shape index (κ2) is 8.80. The average molecular weight is 517 g/mol. The first-order valence-electron chi connectivity index (χ1n) is 15.0. The van der Waals surface area contributed by atoms with Crippen LogP contribution in [0, 0.1) is 56.7 Å². The molecule has 3 N–H and O–H groups in total. The van der Waals surface area contributed by atoms with Crippen LogP contribution in [0.3, 0.4) is 0 Å². The normalized spacial score (nSPS) is 50.9. The fraction of sp³-hybridized carbons (Fsp3) is 0.906. The minimum Gasteiger partial charge on any atom is -0.469 e. The van der Waals surface area contributed by atoms with Gasteiger partial charge in [0.05, 0.1) is 24.7 Å². The molecule has 37 heavy (non-hydrogen) atoms. The highest BCUT2D eigenvalue weighted by Crippen LogP contribution is 2.89. The molecule has 0 aromatic rings. The van der Waals surface area contributed by atoms with Crippen molar-refractivity contribution >= 4 is 5.97 Å². The Morgan fingerprint density at radius 2 is 1.68 bits per heavy atom. The van der Waals surface area contributed by atoms with Gasteiger partial charge in [0.1, 0.15) is 0 Å². The summed E-state index contributed by atoms with van der Waals surface area (Å²) in [6, 6.07) is 0. The molecule has 0 bridgehead atoms. The van der Waals surface area contributed by atoms with Crippen LogP contribution in [0.1, 0.15) is 98.8 Å². The monoisotopic (exact) mass is 516 g/mol. The van der Waals surface area contributed by atoms with E-state index in [1.807, 2.05) is 6.92 Å². The van der Waals surface area contributed by atoms with Crippen molar-refractivity contribution in [1.82, 2.24) is 0 Å². The van der Waals surface area contributed by atoms with Crippen LogP contribution in [-0.4, -0.2) is 47.2 Å². The zero-order valence-electron chi connectivity index (χ0n) is 24.2. The lowest BCUT2D eigenvalue weighted by Crippen LogP contribution is -2.63. The second-order valence-electron chi connectivity index (χ2n) is 14.9. The lowest BCUT2D eigenvalue weighted by atomic mass is 9.41. The summed E-state index contributed by atoms with van der Waals surface area (Å²) in [5.74, 6) is 1.44. The summed E-state index contributed by atoms with van der Waals surface area (Å²) in [5, 5.41) is 33.2. The van der Waals surface area contributed by atoms with Crippen molar-refractivity contribution in [2.24, 2.45) is 56.7 Å². The zero-order valence-corrected chi connectivity index (χ0v) is 24.2. The van der Waals surface area contributed by atoms with E-state index in [-0.39, 0.29) is 46.6 Å². The number of ether oxygens (including phenoxy) is 1. The molecule has 0 aromatic heterocycles. The van der Waals surface area contributed by atoms with Crippen molar-refractivity contribution in [2.75, 3.05) is 13.7 Å². The van der Waals surface area contributed by atoms with Crippen LogP contribution in [-0.2, 0) is 9.53 Å². The predicted octanol–water partition coefficient (Wildman–Crippen LogP) is 5.51. The second-order valence-corrected chi connectivity index (χ2v) is 14.9. The summed E-state index contributed by atoms with van der Waals surface area (Å²) in [6.45, 7) is 15.9. The molecular formula is C32H52O5. The molecule has 11 atom stereocenters. The van der Waals surface area contributed by atoms with E-state index >= 15 is 0 Å². The molecule has 5 fully saturated rings. The van der Waals surface area contributed by atoms with Gasteiger partial charge >= 0.3 is 5.97 Å². The number of hydrogen-bond donors (Lipinski definition) is 3. The van der Waals surface area contributed by atoms with Gasteiger partial charge in [0, 0.05) is 18.4 Å². The van der Waals surface area contributed by atoms with Crippen molar-refractivity contribution in [3.63, 3.8) is 0 Å². The molecule has 5 saturated carbocycles. The van der Waals surface area contributed by atoms with Crippen LogP contribution in [0.5, 0.6) is 0 Å². The molecule has 0 radical (unpaired) electrons. The Balaban J connectivity index is 1.45. The van der Waals surface area contributed by atoms with E-state index in [0.29, 0.717) is 23.7 Å². The first kappa shape index (κ1) is 27.6. The lowest BCUT2D eigenvalue weighted by molar-refractivity contribution is -0.212. The third-order valence-corrected chi connectivity index (χ3v) is 13.9. The van der Waals surface area contributed by atoms with Gasteiger partial charge in [-0.25, -0.2) is 0 Å². The third kappa shape index (κ3) is 3.29. The minimum absolute atomic E-state index is 0.0418. The highest BCUT2D eigenvalue weighted by atomic mass is 16.5. The first-order valence-corrected chi connectivity index (χ1v) is 15.0. The molecule has 0 unspecified atom stereocenters. The highest BCUT2D eigenvalue weighted by molar-refractivity contribution is 5.78. The lowest BCUT2D eigenvalue weighted by Gasteiger charge is -2.63. The SMILES string of the molecule is C=C(CC[C@@H](CO)[C@H]1CC[C@@]2(C)[C@@H]3CC[C@H]4[C@](C)(C(=O)OC)[C@@H](O)C[C@H](O)[C@@]45C[C@@]35CC[C@]12C)C(C)C. The molecule has 5 rings (SSSR count). The number of esters is 1. The minimum atomic E-state index is -0.955. The van der Waals surface area contributed by atoms with Crippen molar-refractivity contribution in [3.05, 3.63) is 12.2 Å². The molecule has 5 aliphatic rings. The van der Waals surface area contributed by atoms with Gasteiger partial charge in [-0.15, -0.1) is 0 Å². The number of hydrogen-bond acceptors (Lipinski definition) is 5. The van der Waals surface area contributed by atoms with Crippen molar-refractivity contribution in [1.29, 1.82) is 0 Å². The fourth-order valence-electron chi connectivity index (χ4n) is 11.4. The molecule has 0 amide bonds. The fourth-order valence-corrected chi connectivity index (χ4v) is 11.4.